The predicted molar refractivity (Wildman–Crippen MR) is 81.9 cm³/mol. The number of nitrogens with zero attached hydrogens (tertiary/aromatic N) is 3. The van der Waals surface area contributed by atoms with Crippen LogP contribution < -0.4 is 0 Å². The summed E-state index contributed by atoms with van der Waals surface area (Å²) in [6.07, 6.45) is 2.07. The summed E-state index contributed by atoms with van der Waals surface area (Å²) in [5.41, 5.74) is 0.142. The van der Waals surface area contributed by atoms with Crippen molar-refractivity contribution in [2.45, 2.75) is 18.4 Å². The van der Waals surface area contributed by atoms with Gasteiger partial charge in [0, 0.05) is 26.1 Å². The molecule has 8 heteroatoms. The summed E-state index contributed by atoms with van der Waals surface area (Å²) < 4.78 is 19.2. The quantitative estimate of drug-likeness (QED) is 0.928. The van der Waals surface area contributed by atoms with Crippen molar-refractivity contribution in [2.24, 2.45) is 0 Å². The molecular formula is C15H16ClFN4O2. The van der Waals surface area contributed by atoms with Gasteiger partial charge in [0.1, 0.15) is 18.0 Å². The van der Waals surface area contributed by atoms with Gasteiger partial charge >= 0.3 is 0 Å². The fraction of sp³-hybridized carbons (Fsp3) is 0.400. The van der Waals surface area contributed by atoms with Crippen LogP contribution >= 0.6 is 11.6 Å². The lowest BCUT2D eigenvalue weighted by Gasteiger charge is -2.24. The zero-order valence-corrected chi connectivity index (χ0v) is 13.3. The number of benzene rings is 1. The molecule has 1 aliphatic rings. The molecule has 1 aromatic heterocycles. The first kappa shape index (κ1) is 15.9. The van der Waals surface area contributed by atoms with Gasteiger partial charge < -0.3 is 9.64 Å². The summed E-state index contributed by atoms with van der Waals surface area (Å²) in [5, 5.41) is 6.53. The van der Waals surface area contributed by atoms with Crippen molar-refractivity contribution in [3.05, 3.63) is 46.8 Å². The van der Waals surface area contributed by atoms with Crippen LogP contribution in [0.15, 0.2) is 24.5 Å². The number of nitrogens with one attached hydrogen (secondary N) is 1. The van der Waals surface area contributed by atoms with Gasteiger partial charge in [0.05, 0.1) is 16.7 Å². The van der Waals surface area contributed by atoms with E-state index >= 15 is 0 Å². The van der Waals surface area contributed by atoms with Gasteiger partial charge in [0.25, 0.3) is 5.91 Å². The Balaban J connectivity index is 1.72. The number of carbonyl (C=O) groups excluding carboxylic acids is 1. The third-order valence-electron chi connectivity index (χ3n) is 3.98. The summed E-state index contributed by atoms with van der Waals surface area (Å²) in [4.78, 5) is 18.1. The van der Waals surface area contributed by atoms with Gasteiger partial charge in [-0.3, -0.25) is 9.89 Å². The number of halogens is 2. The molecule has 1 N–H and O–H groups in total. The van der Waals surface area contributed by atoms with Crippen molar-refractivity contribution in [1.82, 2.24) is 20.1 Å². The van der Waals surface area contributed by atoms with Crippen LogP contribution in [0.25, 0.3) is 0 Å². The molecule has 1 aromatic carbocycles. The molecule has 0 bridgehead atoms. The molecule has 122 valence electrons. The topological polar surface area (TPSA) is 71.1 Å². The molecule has 1 aliphatic heterocycles. The van der Waals surface area contributed by atoms with E-state index in [0.29, 0.717) is 13.2 Å². The van der Waals surface area contributed by atoms with E-state index in [2.05, 4.69) is 15.2 Å². The van der Waals surface area contributed by atoms with Crippen LogP contribution in [0, 0.1) is 5.82 Å². The highest BCUT2D eigenvalue weighted by molar-refractivity contribution is 6.33. The molecule has 23 heavy (non-hydrogen) atoms. The number of likely N-dealkylation sites (N-methyl/N-ethyl adjacent to an activating group) is 1. The number of hydrogen-bond acceptors (Lipinski definition) is 4. The Hall–Kier alpha value is -1.99. The number of carbonyl (C=O) groups is 1. The van der Waals surface area contributed by atoms with E-state index in [1.54, 1.807) is 7.05 Å². The van der Waals surface area contributed by atoms with E-state index in [0.717, 1.165) is 12.2 Å². The van der Waals surface area contributed by atoms with Crippen LogP contribution in [0.3, 0.4) is 0 Å². The maximum atomic E-state index is 13.5. The Morgan fingerprint density at radius 3 is 3.13 bits per heavy atom. The second-order valence-electron chi connectivity index (χ2n) is 5.46. The zero-order valence-electron chi connectivity index (χ0n) is 12.5. The third-order valence-corrected chi connectivity index (χ3v) is 4.36. The van der Waals surface area contributed by atoms with E-state index in [9.17, 15) is 9.18 Å². The summed E-state index contributed by atoms with van der Waals surface area (Å²) in [5.74, 6) is -0.156. The highest BCUT2D eigenvalue weighted by atomic mass is 35.5. The maximum absolute atomic E-state index is 13.5. The Bertz CT molecular complexity index is 695. The van der Waals surface area contributed by atoms with Gasteiger partial charge in [-0.05, 0) is 18.6 Å². The number of H-pyrrole nitrogens is 1. The van der Waals surface area contributed by atoms with Crippen molar-refractivity contribution in [1.29, 1.82) is 0 Å². The van der Waals surface area contributed by atoms with Crippen LogP contribution in [0.5, 0.6) is 0 Å². The average molecular weight is 339 g/mol. The van der Waals surface area contributed by atoms with E-state index in [1.165, 1.54) is 29.4 Å². The number of hydrogen-bond donors (Lipinski definition) is 1. The Morgan fingerprint density at radius 2 is 2.39 bits per heavy atom. The molecule has 1 saturated heterocycles. The van der Waals surface area contributed by atoms with Crippen LogP contribution in [0.4, 0.5) is 4.39 Å². The van der Waals surface area contributed by atoms with Crippen molar-refractivity contribution in [3.8, 4) is 0 Å². The first-order valence-electron chi connectivity index (χ1n) is 7.24. The number of aromatic amines is 1. The minimum Gasteiger partial charge on any atom is -0.376 e. The molecule has 6 nitrogen and oxygen atoms in total. The van der Waals surface area contributed by atoms with Crippen molar-refractivity contribution in [2.75, 3.05) is 20.2 Å². The normalized spacial score (nSPS) is 20.7. The van der Waals surface area contributed by atoms with Crippen LogP contribution in [0.2, 0.25) is 5.02 Å². The van der Waals surface area contributed by atoms with Gasteiger partial charge in [-0.25, -0.2) is 9.37 Å². The first-order chi connectivity index (χ1) is 11.1. The van der Waals surface area contributed by atoms with Gasteiger partial charge in [-0.15, -0.1) is 0 Å². The zero-order chi connectivity index (χ0) is 16.4. The molecule has 0 aliphatic carbocycles. The lowest BCUT2D eigenvalue weighted by molar-refractivity contribution is 0.0550. The molecule has 0 radical (unpaired) electrons. The Labute approximate surface area is 137 Å². The van der Waals surface area contributed by atoms with Gasteiger partial charge in [-0.2, -0.15) is 5.10 Å². The molecular weight excluding hydrogens is 323 g/mol. The lowest BCUT2D eigenvalue weighted by atomic mass is 10.0. The molecule has 2 aromatic rings. The number of aromatic nitrogens is 3. The van der Waals surface area contributed by atoms with Crippen LogP contribution in [-0.2, 0) is 4.74 Å². The van der Waals surface area contributed by atoms with E-state index < -0.39 is 5.82 Å². The van der Waals surface area contributed by atoms with Gasteiger partial charge in [0.15, 0.2) is 0 Å². The standard InChI is InChI=1S/C15H16ClFN4O2/c1-21(15(22)10-3-2-4-11(17)13(10)16)7-12-9(5-6-23-12)14-18-8-19-20-14/h2-4,8-9,12H,5-7H2,1H3,(H,18,19,20)/t9-,12-/m1/s1. The maximum Gasteiger partial charge on any atom is 0.255 e. The van der Waals surface area contributed by atoms with Gasteiger partial charge in [-0.1, -0.05) is 17.7 Å². The molecule has 0 spiro atoms. The highest BCUT2D eigenvalue weighted by Gasteiger charge is 2.33. The average Bonchev–Trinajstić information content (AvgIpc) is 3.20. The van der Waals surface area contributed by atoms with E-state index in [-0.39, 0.29) is 28.5 Å². The van der Waals surface area contributed by atoms with E-state index in [1.807, 2.05) is 0 Å². The van der Waals surface area contributed by atoms with Crippen LogP contribution in [-0.4, -0.2) is 52.3 Å². The van der Waals surface area contributed by atoms with Crippen molar-refractivity contribution >= 4 is 17.5 Å². The summed E-state index contributed by atoms with van der Waals surface area (Å²) >= 11 is 5.88. The summed E-state index contributed by atoms with van der Waals surface area (Å²) in [7, 11) is 1.64. The fourth-order valence-corrected chi connectivity index (χ4v) is 2.97. The predicted octanol–water partition coefficient (Wildman–Crippen LogP) is 2.24. The van der Waals surface area contributed by atoms with Crippen molar-refractivity contribution < 1.29 is 13.9 Å². The third kappa shape index (κ3) is 3.20. The smallest absolute Gasteiger partial charge is 0.255 e. The molecule has 0 saturated carbocycles. The number of ether oxygens (including phenoxy) is 1. The molecule has 2 atom stereocenters. The SMILES string of the molecule is CN(C[C@H]1OCC[C@H]1c1ncn[nH]1)C(=O)c1cccc(F)c1Cl. The summed E-state index contributed by atoms with van der Waals surface area (Å²) in [6, 6.07) is 4.19. The molecule has 1 fully saturated rings. The second-order valence-corrected chi connectivity index (χ2v) is 5.84. The number of rotatable bonds is 4. The monoisotopic (exact) mass is 338 g/mol. The Morgan fingerprint density at radius 1 is 1.57 bits per heavy atom. The second kappa shape index (κ2) is 6.64. The summed E-state index contributed by atoms with van der Waals surface area (Å²) in [6.45, 7) is 0.954. The Kier molecular flexibility index (Phi) is 4.58. The number of amides is 1. The molecule has 3 rings (SSSR count). The fourth-order valence-electron chi connectivity index (χ4n) is 2.76. The lowest BCUT2D eigenvalue weighted by Crippen LogP contribution is -2.36. The minimum absolute atomic E-state index is 0.0516. The molecule has 0 unspecified atom stereocenters. The highest BCUT2D eigenvalue weighted by Crippen LogP contribution is 2.30. The van der Waals surface area contributed by atoms with Gasteiger partial charge in [0.2, 0.25) is 0 Å². The van der Waals surface area contributed by atoms with Crippen molar-refractivity contribution in [3.63, 3.8) is 0 Å². The van der Waals surface area contributed by atoms with E-state index in [4.69, 9.17) is 16.3 Å². The minimum atomic E-state index is -0.609. The molecule has 1 amide bonds. The van der Waals surface area contributed by atoms with Crippen LogP contribution in [0.1, 0.15) is 28.5 Å². The first-order valence-corrected chi connectivity index (χ1v) is 7.62. The molecule has 2 heterocycles. The largest absolute Gasteiger partial charge is 0.376 e.